The van der Waals surface area contributed by atoms with Gasteiger partial charge in [0, 0.05) is 11.9 Å². The van der Waals surface area contributed by atoms with Gasteiger partial charge in [0.2, 0.25) is 5.91 Å². The molecule has 0 saturated heterocycles. The zero-order valence-electron chi connectivity index (χ0n) is 11.8. The van der Waals surface area contributed by atoms with Crippen molar-refractivity contribution in [2.45, 2.75) is 13.8 Å². The van der Waals surface area contributed by atoms with Gasteiger partial charge >= 0.3 is 0 Å². The second-order valence-electron chi connectivity index (χ2n) is 4.70. The lowest BCUT2D eigenvalue weighted by Gasteiger charge is -2.10. The Bertz CT molecular complexity index is 598. The van der Waals surface area contributed by atoms with E-state index >= 15 is 0 Å². The van der Waals surface area contributed by atoms with Gasteiger partial charge in [-0.1, -0.05) is 48.5 Å². The summed E-state index contributed by atoms with van der Waals surface area (Å²) in [6.45, 7) is 4.09. The largest absolute Gasteiger partial charge is 0.324 e. The van der Waals surface area contributed by atoms with Crippen LogP contribution >= 0.6 is 0 Å². The Morgan fingerprint density at radius 1 is 1.05 bits per heavy atom. The number of hydrogen-bond acceptors (Lipinski definition) is 2. The van der Waals surface area contributed by atoms with Gasteiger partial charge in [0.15, 0.2) is 0 Å². The summed E-state index contributed by atoms with van der Waals surface area (Å²) in [5, 5.41) is 2.91. The van der Waals surface area contributed by atoms with E-state index in [2.05, 4.69) is 10.3 Å². The number of amides is 1. The lowest BCUT2D eigenvalue weighted by Crippen LogP contribution is -2.16. The number of hydrogen-bond donors (Lipinski definition) is 1. The number of para-hydroxylation sites is 1. The molecule has 2 aromatic rings. The molecular weight excluding hydrogens is 248 g/mol. The fourth-order valence-electron chi connectivity index (χ4n) is 1.96. The van der Waals surface area contributed by atoms with E-state index in [9.17, 15) is 4.79 Å². The maximum absolute atomic E-state index is 11.9. The Morgan fingerprint density at radius 3 is 2.35 bits per heavy atom. The SMILES string of the molecule is Cc1cccc(C)c1NC(=O)CN=Cc1ccccc1. The van der Waals surface area contributed by atoms with Gasteiger partial charge in [-0.05, 0) is 30.5 Å². The minimum absolute atomic E-state index is 0.102. The topological polar surface area (TPSA) is 41.5 Å². The fraction of sp³-hybridized carbons (Fsp3) is 0.176. The number of carbonyl (C=O) groups is 1. The van der Waals surface area contributed by atoms with Crippen molar-refractivity contribution >= 4 is 17.8 Å². The minimum atomic E-state index is -0.102. The van der Waals surface area contributed by atoms with Gasteiger partial charge in [0.25, 0.3) is 0 Å². The first-order valence-electron chi connectivity index (χ1n) is 6.58. The van der Waals surface area contributed by atoms with Crippen LogP contribution in [0, 0.1) is 13.8 Å². The van der Waals surface area contributed by atoms with Crippen LogP contribution in [0.5, 0.6) is 0 Å². The average Bonchev–Trinajstić information content (AvgIpc) is 2.44. The first kappa shape index (κ1) is 14.0. The number of nitrogens with zero attached hydrogens (tertiary/aromatic N) is 1. The molecule has 2 rings (SSSR count). The average molecular weight is 266 g/mol. The van der Waals surface area contributed by atoms with Crippen molar-refractivity contribution in [3.63, 3.8) is 0 Å². The van der Waals surface area contributed by atoms with Crippen LogP contribution in [0.1, 0.15) is 16.7 Å². The van der Waals surface area contributed by atoms with Crippen LogP contribution in [-0.2, 0) is 4.79 Å². The smallest absolute Gasteiger partial charge is 0.246 e. The van der Waals surface area contributed by atoms with Crippen molar-refractivity contribution in [3.05, 3.63) is 65.2 Å². The Morgan fingerprint density at radius 2 is 1.70 bits per heavy atom. The Kier molecular flexibility index (Phi) is 4.66. The zero-order valence-corrected chi connectivity index (χ0v) is 11.8. The van der Waals surface area contributed by atoms with E-state index in [0.29, 0.717) is 0 Å². The van der Waals surface area contributed by atoms with Crippen molar-refractivity contribution in [2.24, 2.45) is 4.99 Å². The summed E-state index contributed by atoms with van der Waals surface area (Å²) in [5.74, 6) is -0.102. The predicted octanol–water partition coefficient (Wildman–Crippen LogP) is 3.36. The van der Waals surface area contributed by atoms with E-state index in [1.54, 1.807) is 6.21 Å². The summed E-state index contributed by atoms with van der Waals surface area (Å²) in [5.41, 5.74) is 4.00. The monoisotopic (exact) mass is 266 g/mol. The second kappa shape index (κ2) is 6.66. The van der Waals surface area contributed by atoms with E-state index in [-0.39, 0.29) is 12.5 Å². The van der Waals surface area contributed by atoms with Crippen molar-refractivity contribution in [2.75, 3.05) is 11.9 Å². The van der Waals surface area contributed by atoms with Gasteiger partial charge in [-0.3, -0.25) is 9.79 Å². The van der Waals surface area contributed by atoms with Crippen molar-refractivity contribution in [3.8, 4) is 0 Å². The van der Waals surface area contributed by atoms with Crippen LogP contribution in [-0.4, -0.2) is 18.7 Å². The number of aryl methyl sites for hydroxylation is 2. The standard InChI is InChI=1S/C17H18N2O/c1-13-7-6-8-14(2)17(13)19-16(20)12-18-11-15-9-4-3-5-10-15/h3-11H,12H2,1-2H3,(H,19,20). The number of aliphatic imine (C=N–C) groups is 1. The lowest BCUT2D eigenvalue weighted by atomic mass is 10.1. The molecule has 3 nitrogen and oxygen atoms in total. The minimum Gasteiger partial charge on any atom is -0.324 e. The summed E-state index contributed by atoms with van der Waals surface area (Å²) < 4.78 is 0. The van der Waals surface area contributed by atoms with E-state index in [1.807, 2.05) is 62.4 Å². The Balaban J connectivity index is 1.95. The molecule has 0 atom stereocenters. The molecule has 20 heavy (non-hydrogen) atoms. The highest BCUT2D eigenvalue weighted by Crippen LogP contribution is 2.19. The number of carbonyl (C=O) groups excluding carboxylic acids is 1. The molecule has 0 radical (unpaired) electrons. The van der Waals surface area contributed by atoms with Gasteiger partial charge in [0.05, 0.1) is 0 Å². The van der Waals surface area contributed by atoms with Crippen LogP contribution in [0.25, 0.3) is 0 Å². The molecule has 0 saturated carbocycles. The molecule has 0 fully saturated rings. The fourth-order valence-corrected chi connectivity index (χ4v) is 1.96. The van der Waals surface area contributed by atoms with Crippen molar-refractivity contribution in [1.82, 2.24) is 0 Å². The molecule has 0 aromatic heterocycles. The van der Waals surface area contributed by atoms with Crippen LogP contribution < -0.4 is 5.32 Å². The maximum atomic E-state index is 11.9. The van der Waals surface area contributed by atoms with Gasteiger partial charge < -0.3 is 5.32 Å². The summed E-state index contributed by atoms with van der Waals surface area (Å²) in [4.78, 5) is 16.0. The predicted molar refractivity (Wildman–Crippen MR) is 83.4 cm³/mol. The van der Waals surface area contributed by atoms with Crippen LogP contribution in [0.2, 0.25) is 0 Å². The normalized spacial score (nSPS) is 10.7. The summed E-state index contributed by atoms with van der Waals surface area (Å²) in [6, 6.07) is 15.7. The third kappa shape index (κ3) is 3.79. The summed E-state index contributed by atoms with van der Waals surface area (Å²) in [7, 11) is 0. The van der Waals surface area contributed by atoms with Gasteiger partial charge in [0.1, 0.15) is 6.54 Å². The van der Waals surface area contributed by atoms with Crippen molar-refractivity contribution < 1.29 is 4.79 Å². The van der Waals surface area contributed by atoms with E-state index in [0.717, 1.165) is 22.4 Å². The van der Waals surface area contributed by atoms with Crippen LogP contribution in [0.4, 0.5) is 5.69 Å². The highest BCUT2D eigenvalue weighted by atomic mass is 16.1. The first-order valence-corrected chi connectivity index (χ1v) is 6.58. The third-order valence-corrected chi connectivity index (χ3v) is 3.02. The lowest BCUT2D eigenvalue weighted by molar-refractivity contribution is -0.114. The van der Waals surface area contributed by atoms with Crippen LogP contribution in [0.3, 0.4) is 0 Å². The number of rotatable bonds is 4. The first-order chi connectivity index (χ1) is 9.66. The van der Waals surface area contributed by atoms with Gasteiger partial charge in [-0.25, -0.2) is 0 Å². The quantitative estimate of drug-likeness (QED) is 0.847. The summed E-state index contributed by atoms with van der Waals surface area (Å²) >= 11 is 0. The van der Waals surface area contributed by atoms with Gasteiger partial charge in [-0.2, -0.15) is 0 Å². The van der Waals surface area contributed by atoms with Crippen LogP contribution in [0.15, 0.2) is 53.5 Å². The molecular formula is C17H18N2O. The Labute approximate surface area is 119 Å². The molecule has 0 bridgehead atoms. The molecule has 102 valence electrons. The second-order valence-corrected chi connectivity index (χ2v) is 4.70. The molecule has 0 aliphatic heterocycles. The number of nitrogens with one attached hydrogen (secondary N) is 1. The molecule has 0 spiro atoms. The highest BCUT2D eigenvalue weighted by molar-refractivity contribution is 5.95. The maximum Gasteiger partial charge on any atom is 0.246 e. The molecule has 3 heteroatoms. The molecule has 0 aliphatic rings. The molecule has 0 aliphatic carbocycles. The van der Waals surface area contributed by atoms with E-state index < -0.39 is 0 Å². The van der Waals surface area contributed by atoms with E-state index in [4.69, 9.17) is 0 Å². The molecule has 1 N–H and O–H groups in total. The van der Waals surface area contributed by atoms with Gasteiger partial charge in [-0.15, -0.1) is 0 Å². The number of anilines is 1. The van der Waals surface area contributed by atoms with Crippen molar-refractivity contribution in [1.29, 1.82) is 0 Å². The highest BCUT2D eigenvalue weighted by Gasteiger charge is 2.05. The molecule has 2 aromatic carbocycles. The molecule has 1 amide bonds. The number of benzene rings is 2. The van der Waals surface area contributed by atoms with E-state index in [1.165, 1.54) is 0 Å². The Hall–Kier alpha value is -2.42. The zero-order chi connectivity index (χ0) is 14.4. The molecule has 0 heterocycles. The molecule has 0 unspecified atom stereocenters. The third-order valence-electron chi connectivity index (χ3n) is 3.02. The summed E-state index contributed by atoms with van der Waals surface area (Å²) in [6.07, 6.45) is 1.71.